The maximum absolute atomic E-state index is 5.85. The van der Waals surface area contributed by atoms with Crippen molar-refractivity contribution in [2.24, 2.45) is 10.4 Å². The van der Waals surface area contributed by atoms with Crippen LogP contribution < -0.4 is 5.32 Å². The van der Waals surface area contributed by atoms with Gasteiger partial charge in [-0.25, -0.2) is 0 Å². The first-order chi connectivity index (χ1) is 7.55. The van der Waals surface area contributed by atoms with Gasteiger partial charge in [0.15, 0.2) is 0 Å². The van der Waals surface area contributed by atoms with Crippen LogP contribution in [0.4, 0.5) is 0 Å². The summed E-state index contributed by atoms with van der Waals surface area (Å²) in [5, 5.41) is 4.17. The lowest BCUT2D eigenvalue weighted by molar-refractivity contribution is 0.360. The highest BCUT2D eigenvalue weighted by Gasteiger charge is 2.21. The fourth-order valence-electron chi connectivity index (χ4n) is 1.68. The molecule has 0 saturated heterocycles. The van der Waals surface area contributed by atoms with E-state index in [1.165, 1.54) is 5.56 Å². The first-order valence-electron chi connectivity index (χ1n) is 5.57. The molecule has 1 heterocycles. The Morgan fingerprint density at radius 2 is 2.00 bits per heavy atom. The molecule has 1 N–H and O–H groups in total. The van der Waals surface area contributed by atoms with Crippen LogP contribution in [0.3, 0.4) is 0 Å². The summed E-state index contributed by atoms with van der Waals surface area (Å²) in [5.41, 5.74) is 1.53. The maximum atomic E-state index is 5.85. The van der Waals surface area contributed by atoms with E-state index in [-0.39, 0.29) is 5.41 Å². The predicted octanol–water partition coefficient (Wildman–Crippen LogP) is 2.91. The Balaban J connectivity index is 2.01. The summed E-state index contributed by atoms with van der Waals surface area (Å²) in [4.78, 5) is 4.57. The summed E-state index contributed by atoms with van der Waals surface area (Å²) in [6.45, 7) is 6.35. The van der Waals surface area contributed by atoms with Crippen molar-refractivity contribution in [3.63, 3.8) is 0 Å². The van der Waals surface area contributed by atoms with Gasteiger partial charge in [-0.15, -0.1) is 0 Å². The zero-order valence-corrected chi connectivity index (χ0v) is 10.5. The highest BCUT2D eigenvalue weighted by Crippen LogP contribution is 2.18. The topological polar surface area (TPSA) is 24.4 Å². The van der Waals surface area contributed by atoms with Gasteiger partial charge < -0.3 is 5.32 Å². The second-order valence-electron chi connectivity index (χ2n) is 5.08. The van der Waals surface area contributed by atoms with E-state index in [0.29, 0.717) is 0 Å². The van der Waals surface area contributed by atoms with E-state index in [9.17, 15) is 0 Å². The van der Waals surface area contributed by atoms with E-state index in [0.717, 1.165) is 30.4 Å². The molecule has 86 valence electrons. The maximum Gasteiger partial charge on any atom is 0.101 e. The van der Waals surface area contributed by atoms with Crippen molar-refractivity contribution in [2.45, 2.75) is 20.3 Å². The van der Waals surface area contributed by atoms with Crippen LogP contribution in [0, 0.1) is 5.41 Å². The van der Waals surface area contributed by atoms with E-state index in [4.69, 9.17) is 11.6 Å². The molecule has 0 radical (unpaired) electrons. The molecule has 2 nitrogen and oxygen atoms in total. The number of rotatable bonds is 2. The van der Waals surface area contributed by atoms with Gasteiger partial charge in [-0.1, -0.05) is 37.6 Å². The number of hydrogen-bond acceptors (Lipinski definition) is 2. The van der Waals surface area contributed by atoms with Crippen LogP contribution in [0.1, 0.15) is 19.4 Å². The summed E-state index contributed by atoms with van der Waals surface area (Å²) in [6, 6.07) is 7.94. The van der Waals surface area contributed by atoms with E-state index in [1.54, 1.807) is 0 Å². The second-order valence-corrected chi connectivity index (χ2v) is 5.52. The molecule has 0 unspecified atom stereocenters. The average molecular weight is 237 g/mol. The third-order valence-corrected chi connectivity index (χ3v) is 3.01. The molecule has 0 fully saturated rings. The highest BCUT2D eigenvalue weighted by atomic mass is 35.5. The lowest BCUT2D eigenvalue weighted by Crippen LogP contribution is -2.41. The number of nitrogens with one attached hydrogen (secondary N) is 1. The van der Waals surface area contributed by atoms with Crippen molar-refractivity contribution in [3.8, 4) is 0 Å². The average Bonchev–Trinajstić information content (AvgIpc) is 2.24. The van der Waals surface area contributed by atoms with Crippen molar-refractivity contribution in [1.82, 2.24) is 5.32 Å². The Kier molecular flexibility index (Phi) is 3.20. The van der Waals surface area contributed by atoms with Gasteiger partial charge >= 0.3 is 0 Å². The van der Waals surface area contributed by atoms with E-state index < -0.39 is 0 Å². The molecule has 1 aromatic rings. The zero-order chi connectivity index (χ0) is 11.6. The minimum absolute atomic E-state index is 0.281. The minimum Gasteiger partial charge on any atom is -0.373 e. The van der Waals surface area contributed by atoms with Crippen molar-refractivity contribution in [1.29, 1.82) is 0 Å². The van der Waals surface area contributed by atoms with Crippen LogP contribution in [0.2, 0.25) is 5.02 Å². The van der Waals surface area contributed by atoms with Gasteiger partial charge in [0.25, 0.3) is 0 Å². The Hall–Kier alpha value is -1.02. The number of halogens is 1. The molecule has 1 aromatic carbocycles. The molecule has 0 amide bonds. The zero-order valence-electron chi connectivity index (χ0n) is 9.76. The van der Waals surface area contributed by atoms with Gasteiger partial charge in [0, 0.05) is 29.9 Å². The Morgan fingerprint density at radius 1 is 1.31 bits per heavy atom. The number of aliphatic imine (C=N–C) groups is 1. The van der Waals surface area contributed by atoms with Gasteiger partial charge in [-0.05, 0) is 17.7 Å². The first kappa shape index (κ1) is 11.5. The lowest BCUT2D eigenvalue weighted by Gasteiger charge is -2.29. The molecule has 16 heavy (non-hydrogen) atoms. The Bertz CT molecular complexity index is 393. The van der Waals surface area contributed by atoms with Crippen LogP contribution in [0.5, 0.6) is 0 Å². The molecule has 0 atom stereocenters. The van der Waals surface area contributed by atoms with E-state index in [1.807, 2.05) is 24.3 Å². The summed E-state index contributed by atoms with van der Waals surface area (Å²) < 4.78 is 0. The van der Waals surface area contributed by atoms with Crippen LogP contribution >= 0.6 is 11.6 Å². The standard InChI is InChI=1S/C13H17ClN2/c1-13(2)8-15-12(16-9-13)7-10-3-5-11(14)6-4-10/h3-6H,7-9H2,1-2H3,(H,15,16). The predicted molar refractivity (Wildman–Crippen MR) is 69.2 cm³/mol. The van der Waals surface area contributed by atoms with Crippen LogP contribution in [0.15, 0.2) is 29.3 Å². The number of amidine groups is 1. The smallest absolute Gasteiger partial charge is 0.101 e. The van der Waals surface area contributed by atoms with Gasteiger partial charge in [0.2, 0.25) is 0 Å². The Morgan fingerprint density at radius 3 is 2.56 bits per heavy atom. The molecule has 0 spiro atoms. The fourth-order valence-corrected chi connectivity index (χ4v) is 1.80. The lowest BCUT2D eigenvalue weighted by atomic mass is 9.92. The summed E-state index contributed by atoms with van der Waals surface area (Å²) in [5.74, 6) is 1.08. The normalized spacial score (nSPS) is 18.8. The molecular weight excluding hydrogens is 220 g/mol. The Labute approximate surface area is 102 Å². The molecule has 1 aliphatic heterocycles. The van der Waals surface area contributed by atoms with Gasteiger partial charge in [-0.2, -0.15) is 0 Å². The SMILES string of the molecule is CC1(C)CN=C(Cc2ccc(Cl)cc2)NC1. The number of nitrogens with zero attached hydrogens (tertiary/aromatic N) is 1. The van der Waals surface area contributed by atoms with Crippen LogP contribution in [-0.4, -0.2) is 18.9 Å². The minimum atomic E-state index is 0.281. The largest absolute Gasteiger partial charge is 0.373 e. The quantitative estimate of drug-likeness (QED) is 0.839. The molecule has 3 heteroatoms. The second kappa shape index (κ2) is 4.46. The molecule has 0 aromatic heterocycles. The third kappa shape index (κ3) is 2.99. The third-order valence-electron chi connectivity index (χ3n) is 2.75. The molecule has 0 aliphatic carbocycles. The van der Waals surface area contributed by atoms with E-state index in [2.05, 4.69) is 24.2 Å². The summed E-state index contributed by atoms with van der Waals surface area (Å²) in [6.07, 6.45) is 0.868. The van der Waals surface area contributed by atoms with Crippen molar-refractivity contribution < 1.29 is 0 Å². The summed E-state index contributed by atoms with van der Waals surface area (Å²) >= 11 is 5.85. The number of hydrogen-bond donors (Lipinski definition) is 1. The van der Waals surface area contributed by atoms with Crippen LogP contribution in [-0.2, 0) is 6.42 Å². The van der Waals surface area contributed by atoms with Crippen molar-refractivity contribution >= 4 is 17.4 Å². The molecular formula is C13H17ClN2. The van der Waals surface area contributed by atoms with Gasteiger partial charge in [0.05, 0.1) is 0 Å². The highest BCUT2D eigenvalue weighted by molar-refractivity contribution is 6.30. The molecule has 0 bridgehead atoms. The van der Waals surface area contributed by atoms with Crippen molar-refractivity contribution in [3.05, 3.63) is 34.9 Å². The molecule has 0 saturated carbocycles. The van der Waals surface area contributed by atoms with Crippen molar-refractivity contribution in [2.75, 3.05) is 13.1 Å². The fraction of sp³-hybridized carbons (Fsp3) is 0.462. The van der Waals surface area contributed by atoms with Gasteiger partial charge in [0.1, 0.15) is 5.84 Å². The van der Waals surface area contributed by atoms with Gasteiger partial charge in [-0.3, -0.25) is 4.99 Å². The molecule has 1 aliphatic rings. The summed E-state index contributed by atoms with van der Waals surface area (Å²) in [7, 11) is 0. The van der Waals surface area contributed by atoms with E-state index >= 15 is 0 Å². The van der Waals surface area contributed by atoms with Crippen LogP contribution in [0.25, 0.3) is 0 Å². The first-order valence-corrected chi connectivity index (χ1v) is 5.95. The monoisotopic (exact) mass is 236 g/mol. The number of benzene rings is 1. The molecule has 2 rings (SSSR count).